The SMILES string of the molecule is COc1cc2c(cc1OC)C1(CC2(C)C)CC(C)(C)c2cc3c(cc21)OC1=CC2=Nc4cc5c(cc4[N-]C2C=C1O3)C(C)(C)CC51CC(C)(C)c2cc3c(cc21)[N-]C1C=C(C)C(C)=CC1=N3. The molecule has 3 aliphatic heterocycles. The first-order valence-corrected chi connectivity index (χ1v) is 23.8. The van der Waals surface area contributed by atoms with Crippen LogP contribution in [0.4, 0.5) is 22.7 Å². The van der Waals surface area contributed by atoms with Gasteiger partial charge in [0.05, 0.1) is 14.2 Å². The van der Waals surface area contributed by atoms with Gasteiger partial charge in [-0.15, -0.1) is 11.4 Å². The number of ether oxygens (including phenoxy) is 4. The number of methoxy groups -OCH3 is 2. The number of rotatable bonds is 2. The third-order valence-corrected chi connectivity index (χ3v) is 17.1. The smallest absolute Gasteiger partial charge is 0.171 e. The van der Waals surface area contributed by atoms with Crippen molar-refractivity contribution in [2.45, 2.75) is 139 Å². The van der Waals surface area contributed by atoms with Gasteiger partial charge in [0.2, 0.25) is 0 Å². The molecule has 3 heterocycles. The molecule has 0 N–H and O–H groups in total. The van der Waals surface area contributed by atoms with Crippen molar-refractivity contribution in [2.24, 2.45) is 9.98 Å². The molecule has 0 saturated carbocycles. The molecular weight excluding hydrogens is 817 g/mol. The Hall–Kier alpha value is -6.02. The summed E-state index contributed by atoms with van der Waals surface area (Å²) in [5.74, 6) is 4.36. The van der Waals surface area contributed by atoms with Crippen molar-refractivity contribution in [1.82, 2.24) is 0 Å². The van der Waals surface area contributed by atoms with Crippen molar-refractivity contribution in [1.29, 1.82) is 0 Å². The van der Waals surface area contributed by atoms with Gasteiger partial charge in [0.1, 0.15) is 0 Å². The van der Waals surface area contributed by atoms with Gasteiger partial charge in [-0.05, 0) is 160 Å². The molecule has 0 aromatic heterocycles. The molecule has 4 aromatic rings. The second-order valence-electron chi connectivity index (χ2n) is 23.4. The summed E-state index contributed by atoms with van der Waals surface area (Å²) in [7, 11) is 3.44. The molecule has 4 aromatic carbocycles. The van der Waals surface area contributed by atoms with Crippen LogP contribution >= 0.6 is 0 Å². The Labute approximate surface area is 389 Å². The summed E-state index contributed by atoms with van der Waals surface area (Å²) >= 11 is 0. The second kappa shape index (κ2) is 12.5. The first-order chi connectivity index (χ1) is 31.2. The average molecular weight is 875 g/mol. The normalized spacial score (nSPS) is 28.2. The van der Waals surface area contributed by atoms with E-state index in [0.717, 1.165) is 82.9 Å². The molecule has 0 amide bonds. The summed E-state index contributed by atoms with van der Waals surface area (Å²) in [5, 5.41) is 10.7. The Balaban J connectivity index is 0.879. The van der Waals surface area contributed by atoms with Crippen LogP contribution in [0.1, 0.15) is 139 Å². The van der Waals surface area contributed by atoms with Gasteiger partial charge >= 0.3 is 0 Å². The number of hydrogen-bond acceptors (Lipinski definition) is 6. The molecule has 336 valence electrons. The van der Waals surface area contributed by atoms with Gasteiger partial charge in [-0.3, -0.25) is 9.98 Å². The van der Waals surface area contributed by atoms with Crippen LogP contribution in [0.15, 0.2) is 105 Å². The number of benzene rings is 4. The molecule has 0 bridgehead atoms. The predicted octanol–water partition coefficient (Wildman–Crippen LogP) is 14.1. The molecule has 13 rings (SSSR count). The number of nitrogens with zero attached hydrogens (tertiary/aromatic N) is 4. The highest BCUT2D eigenvalue weighted by Gasteiger charge is 2.58. The highest BCUT2D eigenvalue weighted by atomic mass is 16.6. The third-order valence-electron chi connectivity index (χ3n) is 17.1. The van der Waals surface area contributed by atoms with Crippen LogP contribution in [-0.4, -0.2) is 37.7 Å². The standard InChI is InChI=1S/C58H58N4O4/c1-29-13-39-40(14-30(29)2)60-43-17-35-31(15-41(43)59-39)53(3,4)25-57(35)26-54(5,6)32-16-42-44(18-36(32)57)62-46-24-52-51(23-45(46)61-42)65-49-20-34-38(22-50(49)66-52)58(28-56(34,9)10)27-55(7,8)33-19-47(63-11)48(64-12)21-37(33)58/h13-24,40,45H,25-28H2,1-12H3/q-2. The average Bonchev–Trinajstić information content (AvgIpc) is 3.80. The molecule has 4 atom stereocenters. The first-order valence-electron chi connectivity index (χ1n) is 23.8. The number of allylic oxidation sites excluding steroid dienone is 2. The van der Waals surface area contributed by atoms with E-state index in [2.05, 4.69) is 142 Å². The maximum Gasteiger partial charge on any atom is 0.171 e. The number of hydrogen-bond donors (Lipinski definition) is 0. The molecule has 9 aliphatic rings. The molecular formula is C58H58N4O4-2. The zero-order valence-corrected chi connectivity index (χ0v) is 40.3. The van der Waals surface area contributed by atoms with E-state index in [1.165, 1.54) is 55.7 Å². The minimum atomic E-state index is -0.280. The van der Waals surface area contributed by atoms with Crippen LogP contribution in [0.5, 0.6) is 23.0 Å². The molecule has 6 aliphatic carbocycles. The van der Waals surface area contributed by atoms with Crippen molar-refractivity contribution < 1.29 is 18.9 Å². The summed E-state index contributed by atoms with van der Waals surface area (Å²) < 4.78 is 25.4. The van der Waals surface area contributed by atoms with E-state index in [1.807, 2.05) is 0 Å². The fraction of sp³-hybridized carbons (Fsp3) is 0.414. The summed E-state index contributed by atoms with van der Waals surface area (Å²) in [6, 6.07) is 18.0. The Morgan fingerprint density at radius 1 is 0.485 bits per heavy atom. The van der Waals surface area contributed by atoms with E-state index in [1.54, 1.807) is 14.2 Å². The van der Waals surface area contributed by atoms with Crippen LogP contribution < -0.4 is 18.9 Å². The summed E-state index contributed by atoms with van der Waals surface area (Å²) in [5.41, 5.74) is 18.3. The zero-order chi connectivity index (χ0) is 45.8. The number of fused-ring (bicyclic) bond motifs is 14. The lowest BCUT2D eigenvalue weighted by Crippen LogP contribution is -2.28. The molecule has 2 spiro atoms. The van der Waals surface area contributed by atoms with Crippen molar-refractivity contribution in [3.63, 3.8) is 0 Å². The van der Waals surface area contributed by atoms with Crippen molar-refractivity contribution >= 4 is 34.2 Å². The maximum absolute atomic E-state index is 6.90. The largest absolute Gasteiger partial charge is 0.672 e. The lowest BCUT2D eigenvalue weighted by atomic mass is 9.72. The van der Waals surface area contributed by atoms with Crippen molar-refractivity contribution in [2.75, 3.05) is 14.2 Å². The quantitative estimate of drug-likeness (QED) is 0.201. The van der Waals surface area contributed by atoms with Gasteiger partial charge in [-0.1, -0.05) is 91.3 Å². The topological polar surface area (TPSA) is 89.8 Å². The zero-order valence-electron chi connectivity index (χ0n) is 40.3. The Morgan fingerprint density at radius 2 is 0.894 bits per heavy atom. The van der Waals surface area contributed by atoms with E-state index < -0.39 is 0 Å². The fourth-order valence-corrected chi connectivity index (χ4v) is 14.4. The maximum atomic E-state index is 6.90. The lowest BCUT2D eigenvalue weighted by Gasteiger charge is -2.41. The third kappa shape index (κ3) is 5.22. The minimum Gasteiger partial charge on any atom is -0.672 e. The van der Waals surface area contributed by atoms with Crippen molar-refractivity contribution in [3.05, 3.63) is 151 Å². The van der Waals surface area contributed by atoms with E-state index in [-0.39, 0.29) is 44.6 Å². The van der Waals surface area contributed by atoms with E-state index in [4.69, 9.17) is 39.6 Å². The van der Waals surface area contributed by atoms with Crippen molar-refractivity contribution in [3.8, 4) is 23.0 Å². The molecule has 0 fully saturated rings. The van der Waals surface area contributed by atoms with E-state index >= 15 is 0 Å². The van der Waals surface area contributed by atoms with Gasteiger partial charge < -0.3 is 29.6 Å². The van der Waals surface area contributed by atoms with E-state index in [0.29, 0.717) is 11.5 Å². The van der Waals surface area contributed by atoms with Crippen LogP contribution in [-0.2, 0) is 32.5 Å². The summed E-state index contributed by atoms with van der Waals surface area (Å²) in [4.78, 5) is 10.6. The summed E-state index contributed by atoms with van der Waals surface area (Å²) in [6.45, 7) is 23.4. The van der Waals surface area contributed by atoms with Gasteiger partial charge in [-0.2, -0.15) is 0 Å². The highest BCUT2D eigenvalue weighted by Crippen LogP contribution is 2.67. The van der Waals surface area contributed by atoms with Gasteiger partial charge in [-0.25, -0.2) is 0 Å². The first kappa shape index (κ1) is 40.3. The van der Waals surface area contributed by atoms with Gasteiger partial charge in [0.15, 0.2) is 34.5 Å². The Kier molecular flexibility index (Phi) is 7.62. The van der Waals surface area contributed by atoms with Crippen LogP contribution in [0.3, 0.4) is 0 Å². The molecule has 8 nitrogen and oxygen atoms in total. The lowest BCUT2D eigenvalue weighted by molar-refractivity contribution is 0.291. The molecule has 4 unspecified atom stereocenters. The van der Waals surface area contributed by atoms with Crippen LogP contribution in [0.25, 0.3) is 10.6 Å². The Bertz CT molecular complexity index is 3170. The van der Waals surface area contributed by atoms with Gasteiger partial charge in [0.25, 0.3) is 0 Å². The number of aliphatic imine (C=N–C) groups is 2. The Morgan fingerprint density at radius 3 is 1.48 bits per heavy atom. The van der Waals surface area contributed by atoms with Crippen LogP contribution in [0, 0.1) is 0 Å². The van der Waals surface area contributed by atoms with E-state index in [9.17, 15) is 0 Å². The summed E-state index contributed by atoms with van der Waals surface area (Å²) in [6.07, 6.45) is 12.6. The molecule has 8 heteroatoms. The monoisotopic (exact) mass is 874 g/mol. The molecule has 66 heavy (non-hydrogen) atoms. The van der Waals surface area contributed by atoms with Crippen LogP contribution in [0.2, 0.25) is 0 Å². The minimum absolute atomic E-state index is 0.0444. The van der Waals surface area contributed by atoms with Gasteiger partial charge in [0, 0.05) is 39.7 Å². The second-order valence-corrected chi connectivity index (χ2v) is 23.4. The molecule has 0 saturated heterocycles. The highest BCUT2D eigenvalue weighted by molar-refractivity contribution is 6.11. The fourth-order valence-electron chi connectivity index (χ4n) is 14.4. The molecule has 0 radical (unpaired) electrons. The predicted molar refractivity (Wildman–Crippen MR) is 264 cm³/mol.